The van der Waals surface area contributed by atoms with Crippen LogP contribution in [-0.2, 0) is 0 Å². The van der Waals surface area contributed by atoms with E-state index >= 15 is 0 Å². The summed E-state index contributed by atoms with van der Waals surface area (Å²) in [4.78, 5) is 16.2. The number of allylic oxidation sites excluding steroid dienone is 3. The third kappa shape index (κ3) is 4.46. The number of nitrogens with zero attached hydrogens (tertiary/aromatic N) is 4. The first kappa shape index (κ1) is 25.0. The summed E-state index contributed by atoms with van der Waals surface area (Å²) in [5.74, 6) is -0.914. The van der Waals surface area contributed by atoms with Gasteiger partial charge >= 0.3 is 0 Å². The van der Waals surface area contributed by atoms with Crippen molar-refractivity contribution in [1.82, 2.24) is 4.90 Å². The second-order valence-corrected chi connectivity index (χ2v) is 10.1. The SMILES string of the molecule is N#CC1=CN2[C@H](C=C1)[C@H](C(=C(C#N)C#N)c1ccccc1)[C@@H](c1ccc(Br)cc1)[C@@H]2C(=O)c1ccccc1. The highest BCUT2D eigenvalue weighted by molar-refractivity contribution is 9.10. The van der Waals surface area contributed by atoms with Crippen molar-refractivity contribution in [2.24, 2.45) is 5.92 Å². The van der Waals surface area contributed by atoms with Gasteiger partial charge in [-0.15, -0.1) is 0 Å². The fourth-order valence-electron chi connectivity index (χ4n) is 5.59. The number of carbonyl (C=O) groups excluding carboxylic acids is 1. The summed E-state index contributed by atoms with van der Waals surface area (Å²) in [6, 6.07) is 31.8. The van der Waals surface area contributed by atoms with Crippen molar-refractivity contribution >= 4 is 27.3 Å². The number of fused-ring (bicyclic) bond motifs is 1. The van der Waals surface area contributed by atoms with E-state index in [9.17, 15) is 20.6 Å². The van der Waals surface area contributed by atoms with Crippen LogP contribution in [0.25, 0.3) is 5.57 Å². The maximum atomic E-state index is 14.2. The fourth-order valence-corrected chi connectivity index (χ4v) is 5.85. The lowest BCUT2D eigenvalue weighted by Gasteiger charge is -2.31. The first-order valence-electron chi connectivity index (χ1n) is 12.1. The third-order valence-electron chi connectivity index (χ3n) is 7.14. The maximum Gasteiger partial charge on any atom is 0.185 e. The zero-order chi connectivity index (χ0) is 26.6. The molecule has 0 bridgehead atoms. The smallest absolute Gasteiger partial charge is 0.185 e. The summed E-state index contributed by atoms with van der Waals surface area (Å²) in [5.41, 5.74) is 3.28. The van der Waals surface area contributed by atoms with Crippen LogP contribution in [0.1, 0.15) is 27.4 Å². The zero-order valence-electron chi connectivity index (χ0n) is 20.2. The number of hydrogen-bond acceptors (Lipinski definition) is 5. The van der Waals surface area contributed by atoms with Crippen LogP contribution in [0.15, 0.2) is 119 Å². The lowest BCUT2D eigenvalue weighted by molar-refractivity contribution is 0.0881. The minimum Gasteiger partial charge on any atom is -0.358 e. The number of carbonyl (C=O) groups is 1. The van der Waals surface area contributed by atoms with Crippen molar-refractivity contribution in [3.63, 3.8) is 0 Å². The van der Waals surface area contributed by atoms with Crippen LogP contribution in [0.4, 0.5) is 0 Å². The van der Waals surface area contributed by atoms with E-state index in [2.05, 4.69) is 34.1 Å². The lowest BCUT2D eigenvalue weighted by Crippen LogP contribution is -2.39. The molecule has 0 unspecified atom stereocenters. The van der Waals surface area contributed by atoms with Crippen LogP contribution in [0.3, 0.4) is 0 Å². The van der Waals surface area contributed by atoms with Gasteiger partial charge in [0.15, 0.2) is 5.78 Å². The second kappa shape index (κ2) is 10.7. The van der Waals surface area contributed by atoms with Gasteiger partial charge in [0, 0.05) is 28.1 Å². The number of Topliss-reactive ketones (excluding diaryl/α,β-unsaturated/α-hetero) is 1. The molecule has 2 aliphatic heterocycles. The van der Waals surface area contributed by atoms with E-state index in [-0.39, 0.29) is 17.4 Å². The Morgan fingerprint density at radius 3 is 2.00 bits per heavy atom. The molecule has 0 aliphatic carbocycles. The molecule has 2 heterocycles. The van der Waals surface area contributed by atoms with Crippen molar-refractivity contribution in [2.75, 3.05) is 0 Å². The minimum absolute atomic E-state index is 0.0135. The summed E-state index contributed by atoms with van der Waals surface area (Å²) < 4.78 is 0.902. The largest absolute Gasteiger partial charge is 0.358 e. The zero-order valence-corrected chi connectivity index (χ0v) is 21.8. The van der Waals surface area contributed by atoms with Crippen molar-refractivity contribution in [1.29, 1.82) is 15.8 Å². The van der Waals surface area contributed by atoms with Crippen LogP contribution < -0.4 is 0 Å². The Balaban J connectivity index is 1.81. The maximum absolute atomic E-state index is 14.2. The molecule has 3 aromatic carbocycles. The van der Waals surface area contributed by atoms with Crippen LogP contribution in [-0.4, -0.2) is 22.8 Å². The van der Waals surface area contributed by atoms with Crippen LogP contribution in [0, 0.1) is 39.9 Å². The molecule has 1 saturated heterocycles. The summed E-state index contributed by atoms with van der Waals surface area (Å²) in [7, 11) is 0. The van der Waals surface area contributed by atoms with Gasteiger partial charge in [-0.25, -0.2) is 0 Å². The molecule has 0 spiro atoms. The predicted molar refractivity (Wildman–Crippen MR) is 148 cm³/mol. The van der Waals surface area contributed by atoms with E-state index in [1.54, 1.807) is 24.4 Å². The Hall–Kier alpha value is -4.70. The van der Waals surface area contributed by atoms with E-state index < -0.39 is 17.9 Å². The quantitative estimate of drug-likeness (QED) is 0.262. The lowest BCUT2D eigenvalue weighted by atomic mass is 9.73. The van der Waals surface area contributed by atoms with Gasteiger partial charge < -0.3 is 4.90 Å². The molecule has 4 atom stereocenters. The Morgan fingerprint density at radius 1 is 0.816 bits per heavy atom. The van der Waals surface area contributed by atoms with E-state index in [0.29, 0.717) is 16.7 Å². The van der Waals surface area contributed by atoms with Crippen molar-refractivity contribution in [3.8, 4) is 18.2 Å². The number of rotatable bonds is 5. The number of hydrogen-bond donors (Lipinski definition) is 0. The molecule has 0 amide bonds. The number of benzene rings is 3. The molecule has 5 rings (SSSR count). The van der Waals surface area contributed by atoms with Gasteiger partial charge in [0.25, 0.3) is 0 Å². The molecule has 0 saturated carbocycles. The summed E-state index contributed by atoms with van der Waals surface area (Å²) in [6.45, 7) is 0. The molecule has 0 aromatic heterocycles. The molecule has 3 aromatic rings. The highest BCUT2D eigenvalue weighted by atomic mass is 79.9. The van der Waals surface area contributed by atoms with E-state index in [1.165, 1.54) is 0 Å². The van der Waals surface area contributed by atoms with Gasteiger partial charge in [0.1, 0.15) is 23.8 Å². The average Bonchev–Trinajstić information content (AvgIpc) is 3.30. The normalized spacial score (nSPS) is 21.3. The van der Waals surface area contributed by atoms with Crippen LogP contribution in [0.5, 0.6) is 0 Å². The second-order valence-electron chi connectivity index (χ2n) is 9.15. The Morgan fingerprint density at radius 2 is 1.42 bits per heavy atom. The van der Waals surface area contributed by atoms with Crippen molar-refractivity contribution < 1.29 is 4.79 Å². The molecular weight excluding hydrogens is 536 g/mol. The monoisotopic (exact) mass is 556 g/mol. The van der Waals surface area contributed by atoms with E-state index in [0.717, 1.165) is 15.6 Å². The Bertz CT molecular complexity index is 1570. The predicted octanol–water partition coefficient (Wildman–Crippen LogP) is 6.56. The van der Waals surface area contributed by atoms with Crippen molar-refractivity contribution in [2.45, 2.75) is 18.0 Å². The van der Waals surface area contributed by atoms with Gasteiger partial charge in [-0.1, -0.05) is 94.8 Å². The Labute approximate surface area is 230 Å². The molecule has 5 nitrogen and oxygen atoms in total. The first-order valence-corrected chi connectivity index (χ1v) is 12.9. The highest BCUT2D eigenvalue weighted by Crippen LogP contribution is 2.52. The van der Waals surface area contributed by atoms with Gasteiger partial charge in [-0.3, -0.25) is 4.79 Å². The Kier molecular flexibility index (Phi) is 7.05. The van der Waals surface area contributed by atoms with Crippen molar-refractivity contribution in [3.05, 3.63) is 136 Å². The van der Waals surface area contributed by atoms with Crippen LogP contribution in [0.2, 0.25) is 0 Å². The fraction of sp³-hybridized carbons (Fsp3) is 0.125. The molecule has 6 heteroatoms. The first-order chi connectivity index (χ1) is 18.6. The molecule has 38 heavy (non-hydrogen) atoms. The molecule has 2 aliphatic rings. The van der Waals surface area contributed by atoms with Gasteiger partial charge in [-0.2, -0.15) is 15.8 Å². The van der Waals surface area contributed by atoms with E-state index in [4.69, 9.17) is 0 Å². The summed E-state index contributed by atoms with van der Waals surface area (Å²) in [5, 5.41) is 29.8. The average molecular weight is 557 g/mol. The summed E-state index contributed by atoms with van der Waals surface area (Å²) >= 11 is 3.51. The molecule has 0 N–H and O–H groups in total. The molecule has 182 valence electrons. The van der Waals surface area contributed by atoms with E-state index in [1.807, 2.05) is 83.8 Å². The molecular formula is C32H21BrN4O. The number of nitriles is 3. The van der Waals surface area contributed by atoms with Gasteiger partial charge in [0.2, 0.25) is 0 Å². The minimum atomic E-state index is -0.667. The van der Waals surface area contributed by atoms with Crippen LogP contribution >= 0.6 is 15.9 Å². The highest BCUT2D eigenvalue weighted by Gasteiger charge is 2.53. The van der Waals surface area contributed by atoms with Gasteiger partial charge in [0.05, 0.1) is 17.7 Å². The molecule has 1 fully saturated rings. The van der Waals surface area contributed by atoms with Gasteiger partial charge in [-0.05, 0) is 34.9 Å². The summed E-state index contributed by atoms with van der Waals surface area (Å²) in [6.07, 6.45) is 5.41. The number of halogens is 1. The standard InChI is InChI=1S/C32H21BrN4O/c33-26-14-12-23(13-15-26)29-30(28(25(18-35)19-36)22-7-3-1-4-8-22)27-16-11-21(17-34)20-37(27)31(29)32(38)24-9-5-2-6-10-24/h1-16,20,27,29-31H/t27-,29-,30-,31-/m1/s1. The third-order valence-corrected chi connectivity index (χ3v) is 7.67. The topological polar surface area (TPSA) is 91.7 Å². The number of ketones is 1. The molecule has 0 radical (unpaired) electrons.